The highest BCUT2D eigenvalue weighted by molar-refractivity contribution is 7.99. The topological polar surface area (TPSA) is 24.9 Å². The average molecular weight is 291 g/mol. The van der Waals surface area contributed by atoms with Gasteiger partial charge in [-0.1, -0.05) is 36.0 Å². The summed E-state index contributed by atoms with van der Waals surface area (Å²) in [6.45, 7) is 0. The van der Waals surface area contributed by atoms with E-state index in [0.717, 1.165) is 16.7 Å². The maximum atomic E-state index is 6.15. The van der Waals surface area contributed by atoms with Crippen LogP contribution in [0.5, 0.6) is 0 Å². The molecule has 1 N–H and O–H groups in total. The minimum absolute atomic E-state index is 0.572. The van der Waals surface area contributed by atoms with Crippen molar-refractivity contribution >= 4 is 40.8 Å². The lowest BCUT2D eigenvalue weighted by atomic mass is 10.1. The van der Waals surface area contributed by atoms with Gasteiger partial charge in [0.1, 0.15) is 10.8 Å². The predicted octanol–water partition coefficient (Wildman–Crippen LogP) is 4.71. The van der Waals surface area contributed by atoms with E-state index in [1.807, 2.05) is 7.05 Å². The zero-order valence-electron chi connectivity index (χ0n) is 9.80. The number of thioether (sulfide) groups is 1. The van der Waals surface area contributed by atoms with Crippen molar-refractivity contribution in [1.82, 2.24) is 4.98 Å². The molecule has 2 nitrogen and oxygen atoms in total. The third-order valence-corrected chi connectivity index (χ3v) is 4.98. The van der Waals surface area contributed by atoms with Crippen LogP contribution >= 0.6 is 35.0 Å². The molecule has 0 atom stereocenters. The number of aromatic nitrogens is 1. The van der Waals surface area contributed by atoms with Gasteiger partial charge in [-0.2, -0.15) is 0 Å². The molecular weight excluding hydrogens is 275 g/mol. The molecule has 1 heterocycles. The first-order valence-electron chi connectivity index (χ1n) is 5.87. The number of pyridine rings is 1. The Bertz CT molecular complexity index is 392. The highest BCUT2D eigenvalue weighted by atomic mass is 35.5. The van der Waals surface area contributed by atoms with Crippen LogP contribution < -0.4 is 5.32 Å². The lowest BCUT2D eigenvalue weighted by molar-refractivity contribution is 0.623. The largest absolute Gasteiger partial charge is 0.372 e. The first-order valence-corrected chi connectivity index (χ1v) is 7.61. The van der Waals surface area contributed by atoms with Crippen molar-refractivity contribution in [3.8, 4) is 0 Å². The number of hydrogen-bond acceptors (Lipinski definition) is 3. The minimum Gasteiger partial charge on any atom is -0.372 e. The molecule has 2 rings (SSSR count). The van der Waals surface area contributed by atoms with Gasteiger partial charge in [0.25, 0.3) is 0 Å². The predicted molar refractivity (Wildman–Crippen MR) is 76.5 cm³/mol. The van der Waals surface area contributed by atoms with Crippen LogP contribution in [0.2, 0.25) is 10.0 Å². The van der Waals surface area contributed by atoms with Gasteiger partial charge in [0.15, 0.2) is 0 Å². The maximum Gasteiger partial charge on any atom is 0.145 e. The summed E-state index contributed by atoms with van der Waals surface area (Å²) in [5.41, 5.74) is 0. The zero-order valence-corrected chi connectivity index (χ0v) is 12.1. The Hall–Kier alpha value is -0.120. The van der Waals surface area contributed by atoms with Crippen LogP contribution in [-0.4, -0.2) is 17.8 Å². The Labute approximate surface area is 116 Å². The van der Waals surface area contributed by atoms with Crippen LogP contribution in [0.1, 0.15) is 25.7 Å². The van der Waals surface area contributed by atoms with Crippen LogP contribution in [0.3, 0.4) is 0 Å². The molecule has 1 aliphatic carbocycles. The van der Waals surface area contributed by atoms with E-state index in [2.05, 4.69) is 10.3 Å². The van der Waals surface area contributed by atoms with Crippen LogP contribution in [-0.2, 0) is 0 Å². The molecule has 0 unspecified atom stereocenters. The Morgan fingerprint density at radius 2 is 2.06 bits per heavy atom. The molecule has 1 saturated carbocycles. The molecule has 17 heavy (non-hydrogen) atoms. The summed E-state index contributed by atoms with van der Waals surface area (Å²) < 4.78 is 0. The van der Waals surface area contributed by atoms with Gasteiger partial charge in [-0.3, -0.25) is 0 Å². The maximum absolute atomic E-state index is 6.15. The Kier molecular flexibility index (Phi) is 4.83. The molecule has 0 radical (unpaired) electrons. The van der Waals surface area contributed by atoms with E-state index in [1.54, 1.807) is 17.8 Å². The number of hydrogen-bond donors (Lipinski definition) is 1. The zero-order chi connectivity index (χ0) is 12.3. The molecule has 0 saturated heterocycles. The van der Waals surface area contributed by atoms with Gasteiger partial charge in [0, 0.05) is 12.8 Å². The third kappa shape index (κ3) is 3.43. The molecule has 0 amide bonds. The first kappa shape index (κ1) is 13.3. The summed E-state index contributed by atoms with van der Waals surface area (Å²) in [6.07, 6.45) is 5.43. The number of halogens is 2. The average Bonchev–Trinajstić information content (AvgIpc) is 2.81. The highest BCUT2D eigenvalue weighted by Crippen LogP contribution is 2.35. The highest BCUT2D eigenvalue weighted by Gasteiger charge is 2.17. The second-order valence-corrected chi connectivity index (χ2v) is 6.14. The smallest absolute Gasteiger partial charge is 0.145 e. The van der Waals surface area contributed by atoms with Gasteiger partial charge < -0.3 is 5.32 Å². The molecule has 0 aliphatic heterocycles. The van der Waals surface area contributed by atoms with E-state index in [0.29, 0.717) is 15.9 Å². The van der Waals surface area contributed by atoms with E-state index < -0.39 is 0 Å². The van der Waals surface area contributed by atoms with Crippen molar-refractivity contribution in [1.29, 1.82) is 0 Å². The summed E-state index contributed by atoms with van der Waals surface area (Å²) in [7, 11) is 1.81. The second-order valence-electron chi connectivity index (χ2n) is 4.32. The minimum atomic E-state index is 0.572. The molecule has 1 aromatic rings. The van der Waals surface area contributed by atoms with Gasteiger partial charge in [-0.05, 0) is 24.8 Å². The molecule has 1 aliphatic rings. The Morgan fingerprint density at radius 3 is 2.71 bits per heavy atom. The monoisotopic (exact) mass is 290 g/mol. The van der Waals surface area contributed by atoms with Crippen LogP contribution in [0.4, 0.5) is 5.82 Å². The van der Waals surface area contributed by atoms with Crippen molar-refractivity contribution in [3.63, 3.8) is 0 Å². The van der Waals surface area contributed by atoms with E-state index in [1.165, 1.54) is 25.7 Å². The SMILES string of the molecule is CNc1nc(SCC2CCCC2)c(Cl)cc1Cl. The Morgan fingerprint density at radius 1 is 1.35 bits per heavy atom. The summed E-state index contributed by atoms with van der Waals surface area (Å²) in [6, 6.07) is 1.76. The fourth-order valence-corrected chi connectivity index (χ4v) is 3.80. The van der Waals surface area contributed by atoms with Gasteiger partial charge in [-0.15, -0.1) is 11.8 Å². The Balaban J connectivity index is 2.03. The van der Waals surface area contributed by atoms with E-state index in [9.17, 15) is 0 Å². The van der Waals surface area contributed by atoms with Crippen LogP contribution in [0.25, 0.3) is 0 Å². The van der Waals surface area contributed by atoms with Crippen molar-refractivity contribution in [2.45, 2.75) is 30.7 Å². The number of nitrogens with zero attached hydrogens (tertiary/aromatic N) is 1. The number of rotatable bonds is 4. The van der Waals surface area contributed by atoms with Gasteiger partial charge >= 0.3 is 0 Å². The first-order chi connectivity index (χ1) is 8.20. The fraction of sp³-hybridized carbons (Fsp3) is 0.583. The summed E-state index contributed by atoms with van der Waals surface area (Å²) in [5, 5.41) is 5.08. The van der Waals surface area contributed by atoms with Crippen molar-refractivity contribution < 1.29 is 0 Å². The van der Waals surface area contributed by atoms with Gasteiger partial charge in [-0.25, -0.2) is 4.98 Å². The second kappa shape index (κ2) is 6.17. The third-order valence-electron chi connectivity index (χ3n) is 3.06. The lowest BCUT2D eigenvalue weighted by Gasteiger charge is -2.11. The fourth-order valence-electron chi connectivity index (χ4n) is 2.10. The summed E-state index contributed by atoms with van der Waals surface area (Å²) in [5.74, 6) is 2.63. The summed E-state index contributed by atoms with van der Waals surface area (Å²) >= 11 is 13.9. The molecule has 5 heteroatoms. The molecule has 94 valence electrons. The molecule has 0 bridgehead atoms. The van der Waals surface area contributed by atoms with E-state index in [-0.39, 0.29) is 0 Å². The molecule has 1 aromatic heterocycles. The molecule has 0 spiro atoms. The number of nitrogens with one attached hydrogen (secondary N) is 1. The lowest BCUT2D eigenvalue weighted by Crippen LogP contribution is -1.99. The quantitative estimate of drug-likeness (QED) is 0.813. The van der Waals surface area contributed by atoms with E-state index in [4.69, 9.17) is 23.2 Å². The van der Waals surface area contributed by atoms with Crippen molar-refractivity contribution in [2.24, 2.45) is 5.92 Å². The van der Waals surface area contributed by atoms with Crippen LogP contribution in [0, 0.1) is 5.92 Å². The van der Waals surface area contributed by atoms with Crippen LogP contribution in [0.15, 0.2) is 11.1 Å². The van der Waals surface area contributed by atoms with Gasteiger partial charge in [0.2, 0.25) is 0 Å². The van der Waals surface area contributed by atoms with E-state index >= 15 is 0 Å². The summed E-state index contributed by atoms with van der Waals surface area (Å²) in [4.78, 5) is 4.44. The molecule has 0 aromatic carbocycles. The number of anilines is 1. The standard InChI is InChI=1S/C12H16Cl2N2S/c1-15-11-9(13)6-10(14)12(16-11)17-7-8-4-2-3-5-8/h6,8H,2-5,7H2,1H3,(H,15,16). The van der Waals surface area contributed by atoms with Crippen molar-refractivity contribution in [3.05, 3.63) is 16.1 Å². The van der Waals surface area contributed by atoms with Crippen molar-refractivity contribution in [2.75, 3.05) is 18.1 Å². The molecular formula is C12H16Cl2N2S. The molecule has 1 fully saturated rings. The normalized spacial score (nSPS) is 16.4. The van der Waals surface area contributed by atoms with Gasteiger partial charge in [0.05, 0.1) is 10.0 Å².